The Balaban J connectivity index is 1.24. The Morgan fingerprint density at radius 3 is 2.44 bits per heavy atom. The van der Waals surface area contributed by atoms with E-state index in [0.29, 0.717) is 0 Å². The maximum Gasteiger partial charge on any atom is 0.0489 e. The van der Waals surface area contributed by atoms with Crippen molar-refractivity contribution in [3.05, 3.63) is 70.9 Å². The smallest absolute Gasteiger partial charge is 0.0489 e. The third kappa shape index (κ3) is 4.11. The first-order valence-corrected chi connectivity index (χ1v) is 10.6. The van der Waals surface area contributed by atoms with E-state index in [1.807, 2.05) is 0 Å². The Morgan fingerprint density at radius 2 is 1.67 bits per heavy atom. The number of fused-ring (bicyclic) bond motifs is 1. The highest BCUT2D eigenvalue weighted by molar-refractivity contribution is 5.88. The molecule has 0 radical (unpaired) electrons. The summed E-state index contributed by atoms with van der Waals surface area (Å²) in [4.78, 5) is 6.17. The van der Waals surface area contributed by atoms with Crippen LogP contribution in [0, 0.1) is 13.8 Å². The molecule has 4 rings (SSSR count). The number of piperidine rings is 1. The molecule has 0 atom stereocenters. The van der Waals surface area contributed by atoms with Crippen molar-refractivity contribution >= 4 is 10.9 Å². The van der Waals surface area contributed by atoms with Crippen molar-refractivity contribution in [1.29, 1.82) is 0 Å². The molecule has 1 N–H and O–H groups in total. The van der Waals surface area contributed by atoms with Gasteiger partial charge >= 0.3 is 0 Å². The molecule has 1 aliphatic heterocycles. The van der Waals surface area contributed by atoms with Crippen LogP contribution in [0.5, 0.6) is 0 Å². The molecule has 1 aromatic heterocycles. The molecular formula is C25H32N2. The van der Waals surface area contributed by atoms with Crippen molar-refractivity contribution in [2.75, 3.05) is 19.6 Å². The fraction of sp³-hybridized carbons (Fsp3) is 0.440. The average Bonchev–Trinajstić information content (AvgIpc) is 3.15. The number of H-pyrrole nitrogens is 1. The summed E-state index contributed by atoms with van der Waals surface area (Å²) in [6.45, 7) is 8.19. The molecule has 0 aliphatic carbocycles. The van der Waals surface area contributed by atoms with Gasteiger partial charge in [-0.25, -0.2) is 0 Å². The predicted octanol–water partition coefficient (Wildman–Crippen LogP) is 5.99. The molecular weight excluding hydrogens is 328 g/mol. The molecule has 0 amide bonds. The van der Waals surface area contributed by atoms with E-state index in [0.717, 1.165) is 5.92 Å². The zero-order valence-electron chi connectivity index (χ0n) is 16.8. The number of hydrogen-bond acceptors (Lipinski definition) is 1. The van der Waals surface area contributed by atoms with E-state index < -0.39 is 0 Å². The molecule has 0 spiro atoms. The van der Waals surface area contributed by atoms with Gasteiger partial charge in [0.1, 0.15) is 0 Å². The van der Waals surface area contributed by atoms with Crippen LogP contribution in [-0.2, 0) is 6.42 Å². The van der Waals surface area contributed by atoms with E-state index in [4.69, 9.17) is 0 Å². The third-order valence-corrected chi connectivity index (χ3v) is 6.36. The van der Waals surface area contributed by atoms with Crippen molar-refractivity contribution in [1.82, 2.24) is 9.88 Å². The quantitative estimate of drug-likeness (QED) is 0.535. The summed E-state index contributed by atoms with van der Waals surface area (Å²) in [5.74, 6) is 0.764. The molecule has 142 valence electrons. The van der Waals surface area contributed by atoms with Crippen LogP contribution in [0.25, 0.3) is 10.9 Å². The molecule has 27 heavy (non-hydrogen) atoms. The molecule has 0 bridgehead atoms. The molecule has 1 saturated heterocycles. The van der Waals surface area contributed by atoms with Crippen LogP contribution in [0.2, 0.25) is 0 Å². The van der Waals surface area contributed by atoms with Crippen molar-refractivity contribution in [3.8, 4) is 0 Å². The molecule has 0 saturated carbocycles. The maximum absolute atomic E-state index is 3.50. The van der Waals surface area contributed by atoms with Crippen LogP contribution >= 0.6 is 0 Å². The number of aromatic amines is 1. The lowest BCUT2D eigenvalue weighted by molar-refractivity contribution is 0.209. The van der Waals surface area contributed by atoms with E-state index in [1.165, 1.54) is 84.9 Å². The van der Waals surface area contributed by atoms with Gasteiger partial charge in [0.15, 0.2) is 0 Å². The molecule has 2 heterocycles. The topological polar surface area (TPSA) is 19.0 Å². The highest BCUT2D eigenvalue weighted by Crippen LogP contribution is 2.28. The van der Waals surface area contributed by atoms with Gasteiger partial charge in [-0.05, 0) is 93.8 Å². The summed E-state index contributed by atoms with van der Waals surface area (Å²) in [7, 11) is 0. The van der Waals surface area contributed by atoms with E-state index in [1.54, 1.807) is 0 Å². The van der Waals surface area contributed by atoms with Gasteiger partial charge in [-0.3, -0.25) is 0 Å². The number of aryl methyl sites for hydroxylation is 3. The lowest BCUT2D eigenvalue weighted by atomic mass is 9.89. The number of nitrogens with zero attached hydrogens (tertiary/aromatic N) is 1. The van der Waals surface area contributed by atoms with Gasteiger partial charge in [0.25, 0.3) is 0 Å². The van der Waals surface area contributed by atoms with Gasteiger partial charge in [0, 0.05) is 17.1 Å². The maximum atomic E-state index is 3.50. The van der Waals surface area contributed by atoms with Crippen molar-refractivity contribution in [2.24, 2.45) is 0 Å². The Hall–Kier alpha value is -2.06. The second-order valence-electron chi connectivity index (χ2n) is 8.25. The van der Waals surface area contributed by atoms with Gasteiger partial charge in [0.05, 0.1) is 0 Å². The van der Waals surface area contributed by atoms with Crippen LogP contribution in [0.1, 0.15) is 53.9 Å². The van der Waals surface area contributed by atoms with Gasteiger partial charge in [0.2, 0.25) is 0 Å². The summed E-state index contributed by atoms with van der Waals surface area (Å²) in [6.07, 6.45) is 8.61. The number of likely N-dealkylation sites (tertiary alicyclic amines) is 1. The lowest BCUT2D eigenvalue weighted by Gasteiger charge is -2.32. The van der Waals surface area contributed by atoms with Crippen LogP contribution in [-0.4, -0.2) is 29.5 Å². The number of nitrogens with one attached hydrogen (secondary N) is 1. The lowest BCUT2D eigenvalue weighted by Crippen LogP contribution is -2.33. The largest absolute Gasteiger partial charge is 0.361 e. The first kappa shape index (κ1) is 18.3. The summed E-state index contributed by atoms with van der Waals surface area (Å²) < 4.78 is 0. The monoisotopic (exact) mass is 360 g/mol. The number of benzene rings is 2. The summed E-state index contributed by atoms with van der Waals surface area (Å²) in [6, 6.07) is 15.5. The first-order valence-electron chi connectivity index (χ1n) is 10.6. The summed E-state index contributed by atoms with van der Waals surface area (Å²) in [5.41, 5.74) is 7.10. The molecule has 1 fully saturated rings. The second kappa shape index (κ2) is 8.31. The van der Waals surface area contributed by atoms with Gasteiger partial charge in [-0.1, -0.05) is 42.5 Å². The SMILES string of the molecule is Cc1ccc(C)c2c(CCCCN3CCC(c4ccccc4)CC3)c[nH]c12. The zero-order valence-corrected chi connectivity index (χ0v) is 16.8. The van der Waals surface area contributed by atoms with Crippen LogP contribution in [0.3, 0.4) is 0 Å². The minimum absolute atomic E-state index is 0.764. The summed E-state index contributed by atoms with van der Waals surface area (Å²) in [5, 5.41) is 1.46. The number of unbranched alkanes of at least 4 members (excludes halogenated alkanes) is 1. The molecule has 2 heteroatoms. The second-order valence-corrected chi connectivity index (χ2v) is 8.25. The Labute approximate surface area is 163 Å². The summed E-state index contributed by atoms with van der Waals surface area (Å²) >= 11 is 0. The molecule has 0 unspecified atom stereocenters. The van der Waals surface area contributed by atoms with Crippen LogP contribution in [0.15, 0.2) is 48.7 Å². The Kier molecular flexibility index (Phi) is 5.63. The molecule has 1 aliphatic rings. The first-order chi connectivity index (χ1) is 13.2. The minimum Gasteiger partial charge on any atom is -0.361 e. The minimum atomic E-state index is 0.764. The number of rotatable bonds is 6. The standard InChI is InChI=1S/C25H32N2/c1-19-11-12-20(2)25-24(19)23(18-26-25)10-6-7-15-27-16-13-22(14-17-27)21-8-4-3-5-9-21/h3-5,8-9,11-12,18,22,26H,6-7,10,13-17H2,1-2H3. The van der Waals surface area contributed by atoms with E-state index in [-0.39, 0.29) is 0 Å². The van der Waals surface area contributed by atoms with Gasteiger partial charge < -0.3 is 9.88 Å². The number of aromatic nitrogens is 1. The predicted molar refractivity (Wildman–Crippen MR) is 116 cm³/mol. The molecule has 3 aromatic rings. The normalized spacial score (nSPS) is 16.2. The van der Waals surface area contributed by atoms with Crippen molar-refractivity contribution in [3.63, 3.8) is 0 Å². The average molecular weight is 361 g/mol. The van der Waals surface area contributed by atoms with E-state index >= 15 is 0 Å². The van der Waals surface area contributed by atoms with Crippen molar-refractivity contribution < 1.29 is 0 Å². The highest BCUT2D eigenvalue weighted by Gasteiger charge is 2.19. The van der Waals surface area contributed by atoms with E-state index in [2.05, 4.69) is 72.4 Å². The zero-order chi connectivity index (χ0) is 18.6. The van der Waals surface area contributed by atoms with Crippen LogP contribution < -0.4 is 0 Å². The van der Waals surface area contributed by atoms with Crippen LogP contribution in [0.4, 0.5) is 0 Å². The molecule has 2 aromatic carbocycles. The van der Waals surface area contributed by atoms with Crippen molar-refractivity contribution in [2.45, 2.75) is 51.9 Å². The Bertz CT molecular complexity index is 870. The fourth-order valence-corrected chi connectivity index (χ4v) is 4.71. The van der Waals surface area contributed by atoms with Gasteiger partial charge in [-0.2, -0.15) is 0 Å². The fourth-order valence-electron chi connectivity index (χ4n) is 4.71. The number of hydrogen-bond donors (Lipinski definition) is 1. The van der Waals surface area contributed by atoms with E-state index in [9.17, 15) is 0 Å². The third-order valence-electron chi connectivity index (χ3n) is 6.36. The highest BCUT2D eigenvalue weighted by atomic mass is 15.1. The molecule has 2 nitrogen and oxygen atoms in total. The van der Waals surface area contributed by atoms with Gasteiger partial charge in [-0.15, -0.1) is 0 Å². The Morgan fingerprint density at radius 1 is 0.926 bits per heavy atom.